The number of pyridine rings is 1. The SMILES string of the molecule is CC.CCCNCC(CCC)c1csc(Nc2ccc(Cl)c(C(F)F)n2)n1. The summed E-state index contributed by atoms with van der Waals surface area (Å²) >= 11 is 7.19. The predicted molar refractivity (Wildman–Crippen MR) is 112 cm³/mol. The lowest BCUT2D eigenvalue weighted by molar-refractivity contribution is 0.146. The summed E-state index contributed by atoms with van der Waals surface area (Å²) in [5.74, 6) is 0.662. The Balaban J connectivity index is 0.00000176. The van der Waals surface area contributed by atoms with Crippen LogP contribution in [0.25, 0.3) is 0 Å². The van der Waals surface area contributed by atoms with E-state index in [0.717, 1.165) is 38.0 Å². The molecule has 0 aliphatic heterocycles. The molecule has 1 unspecified atom stereocenters. The van der Waals surface area contributed by atoms with Crippen molar-refractivity contribution in [3.8, 4) is 0 Å². The van der Waals surface area contributed by atoms with Gasteiger partial charge in [-0.15, -0.1) is 11.3 Å². The number of hydrogen-bond donors (Lipinski definition) is 2. The van der Waals surface area contributed by atoms with Crippen molar-refractivity contribution in [2.45, 2.75) is 59.3 Å². The summed E-state index contributed by atoms with van der Waals surface area (Å²) in [5, 5.41) is 9.05. The van der Waals surface area contributed by atoms with Crippen LogP contribution in [-0.4, -0.2) is 23.1 Å². The molecule has 0 aromatic carbocycles. The van der Waals surface area contributed by atoms with Gasteiger partial charge in [-0.2, -0.15) is 0 Å². The average molecular weight is 419 g/mol. The van der Waals surface area contributed by atoms with E-state index in [1.807, 2.05) is 19.2 Å². The second kappa shape index (κ2) is 13.0. The van der Waals surface area contributed by atoms with Crippen molar-refractivity contribution in [3.05, 3.63) is 33.9 Å². The molecule has 2 N–H and O–H groups in total. The normalized spacial score (nSPS) is 11.9. The zero-order valence-electron chi connectivity index (χ0n) is 16.4. The minimum Gasteiger partial charge on any atom is -0.316 e. The third kappa shape index (κ3) is 7.68. The second-order valence-corrected chi connectivity index (χ2v) is 7.02. The number of nitrogens with one attached hydrogen (secondary N) is 2. The number of hydrogen-bond acceptors (Lipinski definition) is 5. The van der Waals surface area contributed by atoms with Gasteiger partial charge in [0.05, 0.1) is 10.7 Å². The highest BCUT2D eigenvalue weighted by atomic mass is 35.5. The van der Waals surface area contributed by atoms with E-state index < -0.39 is 12.1 Å². The monoisotopic (exact) mass is 418 g/mol. The first-order chi connectivity index (χ1) is 13.0. The van der Waals surface area contributed by atoms with E-state index in [1.165, 1.54) is 17.4 Å². The van der Waals surface area contributed by atoms with Gasteiger partial charge < -0.3 is 10.6 Å². The topological polar surface area (TPSA) is 49.8 Å². The zero-order valence-corrected chi connectivity index (χ0v) is 17.9. The quantitative estimate of drug-likeness (QED) is 0.417. The Morgan fingerprint density at radius 3 is 2.52 bits per heavy atom. The summed E-state index contributed by atoms with van der Waals surface area (Å²) in [6.45, 7) is 10.2. The Morgan fingerprint density at radius 2 is 1.89 bits per heavy atom. The highest BCUT2D eigenvalue weighted by molar-refractivity contribution is 7.13. The van der Waals surface area contributed by atoms with Gasteiger partial charge in [0.15, 0.2) is 5.13 Å². The molecule has 2 aromatic heterocycles. The average Bonchev–Trinajstić information content (AvgIpc) is 3.12. The number of rotatable bonds is 10. The largest absolute Gasteiger partial charge is 0.316 e. The maximum atomic E-state index is 12.9. The molecule has 0 amide bonds. The van der Waals surface area contributed by atoms with Gasteiger partial charge in [0.2, 0.25) is 0 Å². The van der Waals surface area contributed by atoms with E-state index in [2.05, 4.69) is 34.4 Å². The Morgan fingerprint density at radius 1 is 1.15 bits per heavy atom. The van der Waals surface area contributed by atoms with E-state index in [4.69, 9.17) is 11.6 Å². The van der Waals surface area contributed by atoms with Crippen molar-refractivity contribution in [3.63, 3.8) is 0 Å². The van der Waals surface area contributed by atoms with Gasteiger partial charge in [-0.05, 0) is 31.5 Å². The molecular weight excluding hydrogens is 390 g/mol. The molecule has 2 heterocycles. The second-order valence-electron chi connectivity index (χ2n) is 5.76. The summed E-state index contributed by atoms with van der Waals surface area (Å²) < 4.78 is 25.8. The molecule has 0 bridgehead atoms. The first-order valence-corrected chi connectivity index (χ1v) is 10.7. The molecular formula is C19H29ClF2N4S. The van der Waals surface area contributed by atoms with Crippen LogP contribution in [-0.2, 0) is 0 Å². The molecule has 0 aliphatic carbocycles. The summed E-state index contributed by atoms with van der Waals surface area (Å²) in [5.41, 5.74) is 0.595. The summed E-state index contributed by atoms with van der Waals surface area (Å²) in [4.78, 5) is 8.49. The lowest BCUT2D eigenvalue weighted by Crippen LogP contribution is -2.22. The molecule has 0 fully saturated rings. The van der Waals surface area contributed by atoms with Gasteiger partial charge >= 0.3 is 0 Å². The highest BCUT2D eigenvalue weighted by Crippen LogP contribution is 2.30. The molecule has 152 valence electrons. The van der Waals surface area contributed by atoms with E-state index >= 15 is 0 Å². The Hall–Kier alpha value is -1.31. The summed E-state index contributed by atoms with van der Waals surface area (Å²) in [6, 6.07) is 2.99. The maximum Gasteiger partial charge on any atom is 0.281 e. The number of aromatic nitrogens is 2. The molecule has 2 rings (SSSR count). The van der Waals surface area contributed by atoms with Crippen LogP contribution in [0.2, 0.25) is 5.02 Å². The van der Waals surface area contributed by atoms with Gasteiger partial charge in [-0.1, -0.05) is 45.7 Å². The first-order valence-electron chi connectivity index (χ1n) is 9.42. The minimum atomic E-state index is -2.71. The molecule has 4 nitrogen and oxygen atoms in total. The minimum absolute atomic E-state index is 0.0367. The van der Waals surface area contributed by atoms with Crippen molar-refractivity contribution in [2.24, 2.45) is 0 Å². The lowest BCUT2D eigenvalue weighted by Gasteiger charge is -2.14. The van der Waals surface area contributed by atoms with Crippen LogP contribution < -0.4 is 10.6 Å². The Labute approximate surface area is 169 Å². The number of halogens is 3. The molecule has 0 radical (unpaired) electrons. The van der Waals surface area contributed by atoms with Gasteiger partial charge in [0, 0.05) is 17.8 Å². The van der Waals surface area contributed by atoms with Crippen LogP contribution in [0.15, 0.2) is 17.5 Å². The van der Waals surface area contributed by atoms with E-state index in [0.29, 0.717) is 16.9 Å². The fraction of sp³-hybridized carbons (Fsp3) is 0.579. The fourth-order valence-electron chi connectivity index (χ4n) is 2.48. The van der Waals surface area contributed by atoms with Gasteiger partial charge in [-0.25, -0.2) is 18.7 Å². The Kier molecular flexibility index (Phi) is 11.4. The van der Waals surface area contributed by atoms with Crippen molar-refractivity contribution >= 4 is 33.9 Å². The highest BCUT2D eigenvalue weighted by Gasteiger charge is 2.17. The molecule has 1 atom stereocenters. The number of thiazole rings is 1. The van der Waals surface area contributed by atoms with E-state index in [9.17, 15) is 8.78 Å². The van der Waals surface area contributed by atoms with Crippen molar-refractivity contribution in [1.82, 2.24) is 15.3 Å². The van der Waals surface area contributed by atoms with E-state index in [-0.39, 0.29) is 5.02 Å². The van der Waals surface area contributed by atoms with Crippen molar-refractivity contribution in [2.75, 3.05) is 18.4 Å². The van der Waals surface area contributed by atoms with Crippen molar-refractivity contribution < 1.29 is 8.78 Å². The molecule has 27 heavy (non-hydrogen) atoms. The summed E-state index contributed by atoms with van der Waals surface area (Å²) in [6.07, 6.45) is 0.515. The Bertz CT molecular complexity index is 667. The zero-order chi connectivity index (χ0) is 20.2. The third-order valence-electron chi connectivity index (χ3n) is 3.71. The standard InChI is InChI=1S/C17H23ClF2N4S.C2H6/c1-3-5-11(9-21-8-4-2)13-10-25-17(22-13)24-14-7-6-12(18)15(23-14)16(19)20;1-2/h6-7,10-11,16,21H,3-5,8-9H2,1-2H3,(H,22,23,24);1-2H3. The predicted octanol–water partition coefficient (Wildman–Crippen LogP) is 6.78. The smallest absolute Gasteiger partial charge is 0.281 e. The lowest BCUT2D eigenvalue weighted by atomic mass is 10.0. The molecule has 8 heteroatoms. The third-order valence-corrected chi connectivity index (χ3v) is 4.81. The first kappa shape index (κ1) is 23.7. The molecule has 0 saturated carbocycles. The molecule has 0 saturated heterocycles. The maximum absolute atomic E-state index is 12.9. The number of nitrogens with zero attached hydrogens (tertiary/aromatic N) is 2. The molecule has 0 aliphatic rings. The fourth-order valence-corrected chi connectivity index (χ4v) is 3.46. The van der Waals surface area contributed by atoms with Crippen LogP contribution in [0, 0.1) is 0 Å². The molecule has 0 spiro atoms. The van der Waals surface area contributed by atoms with Crippen molar-refractivity contribution in [1.29, 1.82) is 0 Å². The van der Waals surface area contributed by atoms with Gasteiger partial charge in [0.1, 0.15) is 11.5 Å². The summed E-state index contributed by atoms with van der Waals surface area (Å²) in [7, 11) is 0. The van der Waals surface area contributed by atoms with Crippen LogP contribution >= 0.6 is 22.9 Å². The van der Waals surface area contributed by atoms with Crippen LogP contribution in [0.4, 0.5) is 19.7 Å². The number of alkyl halides is 2. The number of anilines is 2. The van der Waals surface area contributed by atoms with Crippen LogP contribution in [0.1, 0.15) is 70.7 Å². The van der Waals surface area contributed by atoms with Gasteiger partial charge in [0.25, 0.3) is 6.43 Å². The van der Waals surface area contributed by atoms with E-state index in [1.54, 1.807) is 6.07 Å². The molecule has 2 aromatic rings. The van der Waals surface area contributed by atoms with Crippen LogP contribution in [0.5, 0.6) is 0 Å². The van der Waals surface area contributed by atoms with Gasteiger partial charge in [-0.3, -0.25) is 0 Å². The van der Waals surface area contributed by atoms with Crippen LogP contribution in [0.3, 0.4) is 0 Å².